The fourth-order valence-electron chi connectivity index (χ4n) is 2.55. The van der Waals surface area contributed by atoms with E-state index < -0.39 is 0 Å². The number of halogens is 1. The zero-order valence-electron chi connectivity index (χ0n) is 10.8. The van der Waals surface area contributed by atoms with E-state index in [9.17, 15) is 4.39 Å². The summed E-state index contributed by atoms with van der Waals surface area (Å²) in [7, 11) is 0. The van der Waals surface area contributed by atoms with E-state index in [-0.39, 0.29) is 18.0 Å². The van der Waals surface area contributed by atoms with Crippen molar-refractivity contribution in [2.45, 2.75) is 25.5 Å². The van der Waals surface area contributed by atoms with Crippen molar-refractivity contribution in [1.29, 1.82) is 0 Å². The molecule has 0 aromatic heterocycles. The van der Waals surface area contributed by atoms with Crippen LogP contribution in [0.4, 0.5) is 4.39 Å². The van der Waals surface area contributed by atoms with Crippen LogP contribution in [0.15, 0.2) is 42.5 Å². The monoisotopic (exact) mass is 257 g/mol. The summed E-state index contributed by atoms with van der Waals surface area (Å²) < 4.78 is 19.7. The van der Waals surface area contributed by atoms with Crippen molar-refractivity contribution in [2.75, 3.05) is 0 Å². The maximum Gasteiger partial charge on any atom is 0.130 e. The van der Waals surface area contributed by atoms with Crippen LogP contribution in [0.2, 0.25) is 0 Å². The first-order chi connectivity index (χ1) is 9.15. The average molecular weight is 257 g/mol. The Balaban J connectivity index is 1.97. The van der Waals surface area contributed by atoms with Gasteiger partial charge in [-0.1, -0.05) is 35.9 Å². The number of nitrogens with two attached hydrogens (primary N) is 1. The van der Waals surface area contributed by atoms with Crippen molar-refractivity contribution >= 4 is 0 Å². The molecule has 98 valence electrons. The lowest BCUT2D eigenvalue weighted by atomic mass is 9.92. The van der Waals surface area contributed by atoms with Crippen molar-refractivity contribution in [3.05, 3.63) is 65.0 Å². The van der Waals surface area contributed by atoms with Gasteiger partial charge >= 0.3 is 0 Å². The number of benzene rings is 2. The molecule has 0 amide bonds. The van der Waals surface area contributed by atoms with Crippen molar-refractivity contribution in [3.63, 3.8) is 0 Å². The third-order valence-corrected chi connectivity index (χ3v) is 3.55. The maximum atomic E-state index is 13.8. The van der Waals surface area contributed by atoms with E-state index in [1.165, 1.54) is 6.07 Å². The number of ether oxygens (including phenoxy) is 1. The Morgan fingerprint density at radius 3 is 2.74 bits per heavy atom. The van der Waals surface area contributed by atoms with Gasteiger partial charge in [0.25, 0.3) is 0 Å². The average Bonchev–Trinajstić information content (AvgIpc) is 2.40. The Kier molecular flexibility index (Phi) is 2.99. The van der Waals surface area contributed by atoms with Gasteiger partial charge in [-0.25, -0.2) is 4.39 Å². The minimum absolute atomic E-state index is 0.117. The van der Waals surface area contributed by atoms with E-state index in [1.54, 1.807) is 12.1 Å². The van der Waals surface area contributed by atoms with Crippen LogP contribution in [-0.2, 0) is 0 Å². The van der Waals surface area contributed by atoms with Crippen LogP contribution < -0.4 is 10.5 Å². The van der Waals surface area contributed by atoms with E-state index >= 15 is 0 Å². The molecule has 19 heavy (non-hydrogen) atoms. The summed E-state index contributed by atoms with van der Waals surface area (Å²) >= 11 is 0. The Hall–Kier alpha value is -1.87. The van der Waals surface area contributed by atoms with Crippen molar-refractivity contribution in [2.24, 2.45) is 5.73 Å². The molecular formula is C16H16FNO. The van der Waals surface area contributed by atoms with Crippen molar-refractivity contribution in [3.8, 4) is 5.75 Å². The molecule has 2 aromatic rings. The van der Waals surface area contributed by atoms with Crippen LogP contribution in [0, 0.1) is 12.7 Å². The second kappa shape index (κ2) is 4.67. The highest BCUT2D eigenvalue weighted by atomic mass is 19.1. The van der Waals surface area contributed by atoms with Crippen LogP contribution in [0.1, 0.15) is 35.3 Å². The third kappa shape index (κ3) is 2.22. The summed E-state index contributed by atoms with van der Waals surface area (Å²) in [5, 5.41) is 0. The van der Waals surface area contributed by atoms with Gasteiger partial charge in [-0.3, -0.25) is 0 Å². The Bertz CT molecular complexity index is 611. The molecule has 2 aromatic carbocycles. The topological polar surface area (TPSA) is 35.2 Å². The third-order valence-electron chi connectivity index (χ3n) is 3.55. The normalized spacial score (nSPS) is 21.6. The maximum absolute atomic E-state index is 13.8. The first kappa shape index (κ1) is 12.2. The first-order valence-corrected chi connectivity index (χ1v) is 6.42. The van der Waals surface area contributed by atoms with Crippen LogP contribution >= 0.6 is 0 Å². The van der Waals surface area contributed by atoms with E-state index in [1.807, 2.05) is 31.2 Å². The predicted octanol–water partition coefficient (Wildman–Crippen LogP) is 3.66. The van der Waals surface area contributed by atoms with E-state index in [0.29, 0.717) is 12.0 Å². The molecule has 1 heterocycles. The van der Waals surface area contributed by atoms with Gasteiger partial charge in [0.1, 0.15) is 17.7 Å². The minimum Gasteiger partial charge on any atom is -0.485 e. The molecule has 2 nitrogen and oxygen atoms in total. The number of hydrogen-bond donors (Lipinski definition) is 1. The summed E-state index contributed by atoms with van der Waals surface area (Å²) in [4.78, 5) is 0. The molecule has 1 aliphatic heterocycles. The van der Waals surface area contributed by atoms with Gasteiger partial charge in [-0.05, 0) is 19.1 Å². The fourth-order valence-corrected chi connectivity index (χ4v) is 2.55. The van der Waals surface area contributed by atoms with Crippen molar-refractivity contribution < 1.29 is 9.13 Å². The van der Waals surface area contributed by atoms with Gasteiger partial charge in [0.15, 0.2) is 0 Å². The van der Waals surface area contributed by atoms with Crippen LogP contribution in [0.5, 0.6) is 5.75 Å². The lowest BCUT2D eigenvalue weighted by molar-refractivity contribution is 0.157. The second-order valence-electron chi connectivity index (χ2n) is 5.01. The molecule has 2 atom stereocenters. The molecule has 0 aliphatic carbocycles. The number of hydrogen-bond acceptors (Lipinski definition) is 2. The summed E-state index contributed by atoms with van der Waals surface area (Å²) in [5.74, 6) is 0.521. The lowest BCUT2D eigenvalue weighted by Crippen LogP contribution is -2.24. The van der Waals surface area contributed by atoms with Crippen LogP contribution in [-0.4, -0.2) is 0 Å². The van der Waals surface area contributed by atoms with Crippen molar-refractivity contribution in [1.82, 2.24) is 0 Å². The first-order valence-electron chi connectivity index (χ1n) is 6.42. The van der Waals surface area contributed by atoms with E-state index in [0.717, 1.165) is 16.9 Å². The molecule has 0 saturated carbocycles. The number of fused-ring (bicyclic) bond motifs is 1. The molecule has 0 fully saturated rings. The van der Waals surface area contributed by atoms with E-state index in [4.69, 9.17) is 10.5 Å². The predicted molar refractivity (Wildman–Crippen MR) is 72.5 cm³/mol. The molecule has 2 N–H and O–H groups in total. The Morgan fingerprint density at radius 1 is 1.16 bits per heavy atom. The summed E-state index contributed by atoms with van der Waals surface area (Å²) in [6, 6.07) is 12.5. The summed E-state index contributed by atoms with van der Waals surface area (Å²) in [6.45, 7) is 2.02. The highest BCUT2D eigenvalue weighted by Gasteiger charge is 2.28. The molecule has 0 saturated heterocycles. The molecule has 1 aliphatic rings. The lowest BCUT2D eigenvalue weighted by Gasteiger charge is -2.31. The molecule has 0 radical (unpaired) electrons. The largest absolute Gasteiger partial charge is 0.485 e. The second-order valence-corrected chi connectivity index (χ2v) is 5.01. The quantitative estimate of drug-likeness (QED) is 0.846. The molecular weight excluding hydrogens is 241 g/mol. The zero-order chi connectivity index (χ0) is 13.4. The molecule has 3 rings (SSSR count). The van der Waals surface area contributed by atoms with Crippen LogP contribution in [0.25, 0.3) is 0 Å². The summed E-state index contributed by atoms with van der Waals surface area (Å²) in [5.41, 5.74) is 8.93. The van der Waals surface area contributed by atoms with Gasteiger partial charge in [0, 0.05) is 23.6 Å². The zero-order valence-corrected chi connectivity index (χ0v) is 10.8. The molecule has 0 bridgehead atoms. The standard InChI is InChI=1S/C16H16FNO/c1-10-6-7-15-12(8-10)14(18)9-16(19-15)11-4-2-3-5-13(11)17/h2-8,14,16H,9,18H2,1H3/t14-,16?/m0/s1. The smallest absolute Gasteiger partial charge is 0.130 e. The van der Waals surface area contributed by atoms with Gasteiger partial charge in [0.2, 0.25) is 0 Å². The van der Waals surface area contributed by atoms with Gasteiger partial charge in [0.05, 0.1) is 0 Å². The van der Waals surface area contributed by atoms with E-state index in [2.05, 4.69) is 0 Å². The highest BCUT2D eigenvalue weighted by Crippen LogP contribution is 2.40. The Labute approximate surface area is 112 Å². The summed E-state index contributed by atoms with van der Waals surface area (Å²) in [6.07, 6.45) is 0.281. The highest BCUT2D eigenvalue weighted by molar-refractivity contribution is 5.41. The van der Waals surface area contributed by atoms with Gasteiger partial charge in [-0.2, -0.15) is 0 Å². The fraction of sp³-hybridized carbons (Fsp3) is 0.250. The number of aryl methyl sites for hydroxylation is 1. The Morgan fingerprint density at radius 2 is 1.95 bits per heavy atom. The molecule has 0 spiro atoms. The van der Waals surface area contributed by atoms with Gasteiger partial charge < -0.3 is 10.5 Å². The van der Waals surface area contributed by atoms with Gasteiger partial charge in [-0.15, -0.1) is 0 Å². The molecule has 3 heteroatoms. The number of rotatable bonds is 1. The molecule has 1 unspecified atom stereocenters. The van der Waals surface area contributed by atoms with Crippen LogP contribution in [0.3, 0.4) is 0 Å². The SMILES string of the molecule is Cc1ccc2c(c1)[C@@H](N)CC(c1ccccc1F)O2. The minimum atomic E-state index is -0.314.